The SMILES string of the molecule is O=C(CSc1ccc([N+](=O)[O-])cc1)Nc1cccc(OC(F)(F)F)c1. The van der Waals surface area contributed by atoms with Gasteiger partial charge in [0, 0.05) is 28.8 Å². The lowest BCUT2D eigenvalue weighted by Gasteiger charge is -2.10. The smallest absolute Gasteiger partial charge is 0.406 e. The molecule has 0 aliphatic rings. The largest absolute Gasteiger partial charge is 0.573 e. The molecule has 2 aromatic carbocycles. The van der Waals surface area contributed by atoms with E-state index in [0.29, 0.717) is 4.90 Å². The third kappa shape index (κ3) is 6.34. The highest BCUT2D eigenvalue weighted by atomic mass is 32.2. The van der Waals surface area contributed by atoms with Crippen LogP contribution in [0, 0.1) is 10.1 Å². The van der Waals surface area contributed by atoms with E-state index >= 15 is 0 Å². The molecule has 0 spiro atoms. The van der Waals surface area contributed by atoms with E-state index in [2.05, 4.69) is 10.1 Å². The first-order valence-electron chi connectivity index (χ1n) is 6.76. The highest BCUT2D eigenvalue weighted by Gasteiger charge is 2.31. The van der Waals surface area contributed by atoms with E-state index in [1.54, 1.807) is 0 Å². The Bertz CT molecular complexity index is 766. The Morgan fingerprint density at radius 1 is 1.20 bits per heavy atom. The standard InChI is InChI=1S/C15H11F3N2O4S/c16-15(17,18)24-12-3-1-2-10(8-12)19-14(21)9-25-13-6-4-11(5-7-13)20(22)23/h1-8H,9H2,(H,19,21). The Morgan fingerprint density at radius 2 is 1.88 bits per heavy atom. The molecular formula is C15H11F3N2O4S. The number of nitro benzene ring substituents is 1. The molecule has 132 valence electrons. The summed E-state index contributed by atoms with van der Waals surface area (Å²) in [7, 11) is 0. The summed E-state index contributed by atoms with van der Waals surface area (Å²) in [6.07, 6.45) is -4.81. The van der Waals surface area contributed by atoms with Gasteiger partial charge in [-0.3, -0.25) is 14.9 Å². The van der Waals surface area contributed by atoms with Crippen molar-refractivity contribution >= 4 is 29.0 Å². The number of amides is 1. The van der Waals surface area contributed by atoms with E-state index in [1.165, 1.54) is 36.4 Å². The lowest BCUT2D eigenvalue weighted by molar-refractivity contribution is -0.384. The molecule has 0 saturated carbocycles. The van der Waals surface area contributed by atoms with E-state index in [9.17, 15) is 28.1 Å². The summed E-state index contributed by atoms with van der Waals surface area (Å²) in [5.41, 5.74) is 0.103. The summed E-state index contributed by atoms with van der Waals surface area (Å²) < 4.78 is 40.3. The van der Waals surface area contributed by atoms with Gasteiger partial charge in [0.15, 0.2) is 0 Å². The predicted molar refractivity (Wildman–Crippen MR) is 85.6 cm³/mol. The molecule has 0 aromatic heterocycles. The molecule has 1 N–H and O–H groups in total. The van der Waals surface area contributed by atoms with Gasteiger partial charge in [0.1, 0.15) is 5.75 Å². The summed E-state index contributed by atoms with van der Waals surface area (Å²) in [5, 5.41) is 13.0. The number of non-ortho nitro benzene ring substituents is 1. The van der Waals surface area contributed by atoms with Crippen molar-refractivity contribution in [1.29, 1.82) is 0 Å². The third-order valence-corrected chi connectivity index (χ3v) is 3.78. The second kappa shape index (κ2) is 7.88. The van der Waals surface area contributed by atoms with Crippen molar-refractivity contribution in [3.05, 3.63) is 58.6 Å². The van der Waals surface area contributed by atoms with Crippen molar-refractivity contribution in [3.63, 3.8) is 0 Å². The highest BCUT2D eigenvalue weighted by Crippen LogP contribution is 2.25. The molecule has 0 atom stereocenters. The van der Waals surface area contributed by atoms with Crippen LogP contribution in [0.4, 0.5) is 24.5 Å². The van der Waals surface area contributed by atoms with Crippen LogP contribution in [0.1, 0.15) is 0 Å². The van der Waals surface area contributed by atoms with Crippen LogP contribution in [0.3, 0.4) is 0 Å². The number of thioether (sulfide) groups is 1. The van der Waals surface area contributed by atoms with Gasteiger partial charge in [-0.2, -0.15) is 0 Å². The number of nitrogens with zero attached hydrogens (tertiary/aromatic N) is 1. The third-order valence-electron chi connectivity index (χ3n) is 2.77. The van der Waals surface area contributed by atoms with Crippen LogP contribution in [0.5, 0.6) is 5.75 Å². The van der Waals surface area contributed by atoms with Crippen molar-refractivity contribution in [1.82, 2.24) is 0 Å². The van der Waals surface area contributed by atoms with E-state index in [0.717, 1.165) is 23.9 Å². The molecule has 2 rings (SSSR count). The number of nitro groups is 1. The first-order valence-corrected chi connectivity index (χ1v) is 7.74. The minimum atomic E-state index is -4.81. The lowest BCUT2D eigenvalue weighted by Crippen LogP contribution is -2.18. The number of nitrogens with one attached hydrogen (secondary N) is 1. The van der Waals surface area contributed by atoms with Crippen LogP contribution >= 0.6 is 11.8 Å². The Labute approximate surface area is 144 Å². The molecule has 0 radical (unpaired) electrons. The van der Waals surface area contributed by atoms with Gasteiger partial charge < -0.3 is 10.1 Å². The second-order valence-electron chi connectivity index (χ2n) is 4.66. The molecule has 0 bridgehead atoms. The topological polar surface area (TPSA) is 81.5 Å². The summed E-state index contributed by atoms with van der Waals surface area (Å²) in [4.78, 5) is 22.5. The molecule has 0 unspecified atom stereocenters. The zero-order chi connectivity index (χ0) is 18.4. The molecule has 0 fully saturated rings. The highest BCUT2D eigenvalue weighted by molar-refractivity contribution is 8.00. The van der Waals surface area contributed by atoms with E-state index < -0.39 is 22.9 Å². The number of anilines is 1. The minimum absolute atomic E-state index is 0.0117. The summed E-state index contributed by atoms with van der Waals surface area (Å²) in [6, 6.07) is 10.6. The van der Waals surface area contributed by atoms with Crippen LogP contribution in [0.25, 0.3) is 0 Å². The number of benzene rings is 2. The van der Waals surface area contributed by atoms with E-state index in [-0.39, 0.29) is 17.1 Å². The Morgan fingerprint density at radius 3 is 2.48 bits per heavy atom. The first kappa shape index (κ1) is 18.6. The summed E-state index contributed by atoms with van der Waals surface area (Å²) in [6.45, 7) is 0. The predicted octanol–water partition coefficient (Wildman–Crippen LogP) is 4.22. The van der Waals surface area contributed by atoms with Gasteiger partial charge in [0.2, 0.25) is 5.91 Å². The van der Waals surface area contributed by atoms with Crippen molar-refractivity contribution < 1.29 is 27.6 Å². The van der Waals surface area contributed by atoms with E-state index in [4.69, 9.17) is 0 Å². The fourth-order valence-corrected chi connectivity index (χ4v) is 2.48. The summed E-state index contributed by atoms with van der Waals surface area (Å²) in [5.74, 6) is -0.886. The van der Waals surface area contributed by atoms with Crippen LogP contribution in [-0.2, 0) is 4.79 Å². The average molecular weight is 372 g/mol. The van der Waals surface area contributed by atoms with Gasteiger partial charge in [-0.05, 0) is 24.3 Å². The lowest BCUT2D eigenvalue weighted by atomic mass is 10.3. The number of hydrogen-bond acceptors (Lipinski definition) is 5. The maximum Gasteiger partial charge on any atom is 0.573 e. The van der Waals surface area contributed by atoms with Gasteiger partial charge >= 0.3 is 6.36 Å². The molecular weight excluding hydrogens is 361 g/mol. The van der Waals surface area contributed by atoms with Crippen molar-refractivity contribution in [2.45, 2.75) is 11.3 Å². The molecule has 0 aliphatic carbocycles. The summed E-state index contributed by atoms with van der Waals surface area (Å²) >= 11 is 1.14. The van der Waals surface area contributed by atoms with Crippen LogP contribution in [-0.4, -0.2) is 22.9 Å². The molecule has 0 heterocycles. The molecule has 25 heavy (non-hydrogen) atoms. The number of alkyl halides is 3. The Hall–Kier alpha value is -2.75. The fraction of sp³-hybridized carbons (Fsp3) is 0.133. The number of ether oxygens (including phenoxy) is 1. The molecule has 6 nitrogen and oxygen atoms in total. The Balaban J connectivity index is 1.89. The number of rotatable bonds is 6. The zero-order valence-electron chi connectivity index (χ0n) is 12.4. The molecule has 10 heteroatoms. The van der Waals surface area contributed by atoms with Gasteiger partial charge in [0.05, 0.1) is 10.7 Å². The second-order valence-corrected chi connectivity index (χ2v) is 5.71. The van der Waals surface area contributed by atoms with Crippen LogP contribution in [0.15, 0.2) is 53.4 Å². The van der Waals surface area contributed by atoms with Crippen molar-refractivity contribution in [3.8, 4) is 5.75 Å². The first-order chi connectivity index (χ1) is 11.7. The van der Waals surface area contributed by atoms with Gasteiger partial charge in [-0.1, -0.05) is 6.07 Å². The van der Waals surface area contributed by atoms with Crippen LogP contribution < -0.4 is 10.1 Å². The number of carbonyl (C=O) groups is 1. The maximum absolute atomic E-state index is 12.2. The van der Waals surface area contributed by atoms with E-state index in [1.807, 2.05) is 0 Å². The average Bonchev–Trinajstić information content (AvgIpc) is 2.52. The van der Waals surface area contributed by atoms with Crippen molar-refractivity contribution in [2.24, 2.45) is 0 Å². The molecule has 0 aliphatic heterocycles. The number of carbonyl (C=O) groups excluding carboxylic acids is 1. The van der Waals surface area contributed by atoms with Crippen molar-refractivity contribution in [2.75, 3.05) is 11.1 Å². The number of hydrogen-bond donors (Lipinski definition) is 1. The molecule has 2 aromatic rings. The Kier molecular flexibility index (Phi) is 5.86. The normalized spacial score (nSPS) is 11.0. The van der Waals surface area contributed by atoms with Gasteiger partial charge in [0.25, 0.3) is 5.69 Å². The molecule has 0 saturated heterocycles. The zero-order valence-corrected chi connectivity index (χ0v) is 13.3. The van der Waals surface area contributed by atoms with Gasteiger partial charge in [-0.25, -0.2) is 0 Å². The van der Waals surface area contributed by atoms with Crippen LogP contribution in [0.2, 0.25) is 0 Å². The minimum Gasteiger partial charge on any atom is -0.406 e. The fourth-order valence-electron chi connectivity index (χ4n) is 1.78. The quantitative estimate of drug-likeness (QED) is 0.466. The maximum atomic E-state index is 12.2. The monoisotopic (exact) mass is 372 g/mol. The van der Waals surface area contributed by atoms with Gasteiger partial charge in [-0.15, -0.1) is 24.9 Å². The molecule has 1 amide bonds. The number of halogens is 3.